The molecule has 0 bridgehead atoms. The van der Waals surface area contributed by atoms with E-state index in [0.717, 1.165) is 38.7 Å². The largest absolute Gasteiger partial charge is 0.382 e. The number of halogens is 1. The highest BCUT2D eigenvalue weighted by Gasteiger charge is 2.10. The fourth-order valence-electron chi connectivity index (χ4n) is 1.96. The summed E-state index contributed by atoms with van der Waals surface area (Å²) in [7, 11) is 0. The second-order valence-corrected chi connectivity index (χ2v) is 4.83. The minimum Gasteiger partial charge on any atom is -0.382 e. The molecule has 3 aromatic rings. The lowest BCUT2D eigenvalue weighted by Gasteiger charge is -2.01. The Hall–Kier alpha value is -1.62. The highest BCUT2D eigenvalue weighted by atomic mass is 79.9. The summed E-state index contributed by atoms with van der Waals surface area (Å²) in [5, 5.41) is 1.05. The molecule has 0 radical (unpaired) electrons. The molecule has 2 heterocycles. The maximum absolute atomic E-state index is 5.93. The Labute approximate surface area is 106 Å². The molecule has 0 spiro atoms. The van der Waals surface area contributed by atoms with Crippen molar-refractivity contribution in [2.24, 2.45) is 0 Å². The number of rotatable bonds is 1. The Morgan fingerprint density at radius 2 is 2.18 bits per heavy atom. The Morgan fingerprint density at radius 1 is 1.35 bits per heavy atom. The summed E-state index contributed by atoms with van der Waals surface area (Å²) in [4.78, 5) is 12.1. The van der Waals surface area contributed by atoms with Crippen LogP contribution in [-0.2, 0) is 6.42 Å². The first-order valence-electron chi connectivity index (χ1n) is 5.42. The molecule has 0 saturated heterocycles. The van der Waals surface area contributed by atoms with Crippen LogP contribution < -0.4 is 5.73 Å². The van der Waals surface area contributed by atoms with E-state index in [2.05, 4.69) is 37.8 Å². The van der Waals surface area contributed by atoms with Gasteiger partial charge < -0.3 is 10.7 Å². The van der Waals surface area contributed by atoms with Gasteiger partial charge in [0.2, 0.25) is 0 Å². The maximum Gasteiger partial charge on any atom is 0.152 e. The van der Waals surface area contributed by atoms with Gasteiger partial charge in [0.05, 0.1) is 11.0 Å². The molecular formula is C12H11BrN4. The number of H-pyrrole nitrogens is 1. The number of hydrogen-bond donors (Lipinski definition) is 2. The van der Waals surface area contributed by atoms with Gasteiger partial charge in [0.1, 0.15) is 11.3 Å². The van der Waals surface area contributed by atoms with E-state index in [-0.39, 0.29) is 0 Å². The maximum atomic E-state index is 5.93. The molecule has 0 fully saturated rings. The van der Waals surface area contributed by atoms with Gasteiger partial charge in [-0.1, -0.05) is 22.9 Å². The number of pyridine rings is 1. The molecule has 5 heteroatoms. The first-order valence-corrected chi connectivity index (χ1v) is 6.21. The summed E-state index contributed by atoms with van der Waals surface area (Å²) in [6.07, 6.45) is 0.853. The van der Waals surface area contributed by atoms with E-state index < -0.39 is 0 Å². The third kappa shape index (κ3) is 1.58. The minimum atomic E-state index is 0.474. The third-order valence-electron chi connectivity index (χ3n) is 2.80. The zero-order valence-corrected chi connectivity index (χ0v) is 10.9. The highest BCUT2D eigenvalue weighted by molar-refractivity contribution is 9.10. The SMILES string of the molecule is CCc1nc2c(N)nc3cc(Br)ccc3c2[nH]1. The minimum absolute atomic E-state index is 0.474. The van der Waals surface area contributed by atoms with Gasteiger partial charge in [-0.15, -0.1) is 0 Å². The van der Waals surface area contributed by atoms with Crippen molar-refractivity contribution >= 4 is 43.7 Å². The van der Waals surface area contributed by atoms with Crippen LogP contribution in [-0.4, -0.2) is 15.0 Å². The van der Waals surface area contributed by atoms with E-state index in [4.69, 9.17) is 5.73 Å². The van der Waals surface area contributed by atoms with Crippen LogP contribution in [0.5, 0.6) is 0 Å². The van der Waals surface area contributed by atoms with Crippen LogP contribution in [0.3, 0.4) is 0 Å². The number of anilines is 1. The van der Waals surface area contributed by atoms with Gasteiger partial charge >= 0.3 is 0 Å². The van der Waals surface area contributed by atoms with E-state index in [1.165, 1.54) is 0 Å². The number of nitrogens with one attached hydrogen (secondary N) is 1. The van der Waals surface area contributed by atoms with Crippen molar-refractivity contribution in [1.29, 1.82) is 0 Å². The topological polar surface area (TPSA) is 67.6 Å². The van der Waals surface area contributed by atoms with E-state index in [0.29, 0.717) is 5.82 Å². The van der Waals surface area contributed by atoms with Crippen LogP contribution >= 0.6 is 15.9 Å². The van der Waals surface area contributed by atoms with Crippen LogP contribution in [0, 0.1) is 0 Å². The highest BCUT2D eigenvalue weighted by Crippen LogP contribution is 2.28. The number of imidazole rings is 1. The molecule has 3 N–H and O–H groups in total. The molecule has 0 aliphatic heterocycles. The predicted molar refractivity (Wildman–Crippen MR) is 72.9 cm³/mol. The number of fused-ring (bicyclic) bond motifs is 3. The van der Waals surface area contributed by atoms with Gasteiger partial charge in [-0.2, -0.15) is 0 Å². The number of nitrogens with two attached hydrogens (primary N) is 1. The summed E-state index contributed by atoms with van der Waals surface area (Å²) in [6.45, 7) is 2.06. The molecule has 4 nitrogen and oxygen atoms in total. The Bertz CT molecular complexity index is 717. The van der Waals surface area contributed by atoms with Crippen molar-refractivity contribution in [2.45, 2.75) is 13.3 Å². The number of aromatic nitrogens is 3. The average molecular weight is 291 g/mol. The number of nitrogen functional groups attached to an aromatic ring is 1. The van der Waals surface area contributed by atoms with Crippen molar-refractivity contribution in [3.8, 4) is 0 Å². The molecule has 0 saturated carbocycles. The second-order valence-electron chi connectivity index (χ2n) is 3.92. The van der Waals surface area contributed by atoms with Gasteiger partial charge in [-0.3, -0.25) is 0 Å². The van der Waals surface area contributed by atoms with Crippen LogP contribution in [0.4, 0.5) is 5.82 Å². The van der Waals surface area contributed by atoms with Crippen LogP contribution in [0.25, 0.3) is 21.9 Å². The number of benzene rings is 1. The molecule has 0 amide bonds. The summed E-state index contributed by atoms with van der Waals surface area (Å²) in [5.41, 5.74) is 8.53. The predicted octanol–water partition coefficient (Wildman–Crippen LogP) is 3.02. The van der Waals surface area contributed by atoms with Gasteiger partial charge in [-0.05, 0) is 18.2 Å². The summed E-state index contributed by atoms with van der Waals surface area (Å²) < 4.78 is 0.992. The molecule has 0 aliphatic carbocycles. The fraction of sp³-hybridized carbons (Fsp3) is 0.167. The number of aryl methyl sites for hydroxylation is 1. The summed E-state index contributed by atoms with van der Waals surface area (Å²) in [5.74, 6) is 1.41. The monoisotopic (exact) mass is 290 g/mol. The van der Waals surface area contributed by atoms with Crippen molar-refractivity contribution in [3.05, 3.63) is 28.5 Å². The van der Waals surface area contributed by atoms with E-state index in [1.54, 1.807) is 0 Å². The zero-order chi connectivity index (χ0) is 12.0. The normalized spacial score (nSPS) is 11.4. The Balaban J connectivity index is 2.49. The molecule has 0 aliphatic rings. The summed E-state index contributed by atoms with van der Waals surface area (Å²) >= 11 is 3.43. The molecule has 0 unspecified atom stereocenters. The van der Waals surface area contributed by atoms with Gasteiger partial charge in [0, 0.05) is 16.3 Å². The second kappa shape index (κ2) is 3.70. The van der Waals surface area contributed by atoms with Crippen molar-refractivity contribution < 1.29 is 0 Å². The van der Waals surface area contributed by atoms with Gasteiger partial charge in [0.15, 0.2) is 5.82 Å². The lowest BCUT2D eigenvalue weighted by molar-refractivity contribution is 1.00. The average Bonchev–Trinajstić information content (AvgIpc) is 2.73. The Morgan fingerprint density at radius 3 is 2.94 bits per heavy atom. The first kappa shape index (κ1) is 10.5. The van der Waals surface area contributed by atoms with Crippen molar-refractivity contribution in [3.63, 3.8) is 0 Å². The van der Waals surface area contributed by atoms with Crippen LogP contribution in [0.1, 0.15) is 12.7 Å². The van der Waals surface area contributed by atoms with Gasteiger partial charge in [-0.25, -0.2) is 9.97 Å². The van der Waals surface area contributed by atoms with Crippen molar-refractivity contribution in [2.75, 3.05) is 5.73 Å². The first-order chi connectivity index (χ1) is 8.19. The van der Waals surface area contributed by atoms with E-state index >= 15 is 0 Å². The van der Waals surface area contributed by atoms with Crippen molar-refractivity contribution in [1.82, 2.24) is 15.0 Å². The molecule has 2 aromatic heterocycles. The molecule has 3 rings (SSSR count). The lowest BCUT2D eigenvalue weighted by atomic mass is 10.2. The smallest absolute Gasteiger partial charge is 0.152 e. The third-order valence-corrected chi connectivity index (χ3v) is 3.29. The molecule has 17 heavy (non-hydrogen) atoms. The molecule has 0 atom stereocenters. The number of nitrogens with zero attached hydrogens (tertiary/aromatic N) is 2. The summed E-state index contributed by atoms with van der Waals surface area (Å²) in [6, 6.07) is 5.97. The number of aromatic amines is 1. The Kier molecular flexibility index (Phi) is 2.29. The zero-order valence-electron chi connectivity index (χ0n) is 9.29. The lowest BCUT2D eigenvalue weighted by Crippen LogP contribution is -1.93. The molecule has 86 valence electrons. The standard InChI is InChI=1S/C12H11BrN4/c1-2-9-16-10-7-4-3-6(13)5-8(7)15-12(14)11(10)17-9/h3-5H,2H2,1H3,(H2,14,15)(H,16,17). The van der Waals surface area contributed by atoms with Crippen LogP contribution in [0.15, 0.2) is 22.7 Å². The molecular weight excluding hydrogens is 280 g/mol. The quantitative estimate of drug-likeness (QED) is 0.724. The van der Waals surface area contributed by atoms with Gasteiger partial charge in [0.25, 0.3) is 0 Å². The van der Waals surface area contributed by atoms with E-state index in [9.17, 15) is 0 Å². The fourth-order valence-corrected chi connectivity index (χ4v) is 2.31. The number of hydrogen-bond acceptors (Lipinski definition) is 3. The molecule has 1 aromatic carbocycles. The van der Waals surface area contributed by atoms with Crippen LogP contribution in [0.2, 0.25) is 0 Å². The van der Waals surface area contributed by atoms with E-state index in [1.807, 2.05) is 18.2 Å².